The van der Waals surface area contributed by atoms with E-state index >= 15 is 0 Å². The molecule has 0 radical (unpaired) electrons. The molecule has 0 aliphatic carbocycles. The largest absolute Gasteiger partial charge is 0.394 e. The van der Waals surface area contributed by atoms with E-state index in [1.165, 1.54) is 161 Å². The lowest BCUT2D eigenvalue weighted by Gasteiger charge is -2.48. The van der Waals surface area contributed by atoms with Gasteiger partial charge in [-0.3, -0.25) is 4.79 Å². The third-order valence-corrected chi connectivity index (χ3v) is 16.9. The molecule has 17 unspecified atom stereocenters. The number of carbonyl (C=O) groups excluding carboxylic acids is 1. The van der Waals surface area contributed by atoms with Crippen molar-refractivity contribution in [3.63, 3.8) is 0 Å². The second kappa shape index (κ2) is 48.8. The number of hydrogen-bond acceptors (Lipinski definition) is 18. The molecule has 19 heteroatoms. The molecule has 3 heterocycles. The fraction of sp³-hybridized carbons (Fsp3) is 0.894. The van der Waals surface area contributed by atoms with Crippen molar-refractivity contribution < 1.29 is 89.4 Å². The molecule has 0 aromatic heterocycles. The highest BCUT2D eigenvalue weighted by Gasteiger charge is 2.53. The standard InChI is InChI=1S/C66H121NO18/c1-3-5-7-9-11-13-15-17-19-21-22-23-24-25-26-28-29-31-33-35-37-39-41-43-50(71)49(67-54(72)44-42-40-38-36-34-32-30-27-20-18-16-14-12-10-8-6-4-2)48-80-64-60(78)57(75)62(52(46-69)82-64)85-66-61(79)58(76)63(53(47-70)83-66)84-65-59(77)56(74)55(73)51(45-68)81-65/h18,20,33,35,41,43,49-53,55-66,68-71,73-79H,3-17,19,21-32,34,36-40,42,44-48H2,1-2H3,(H,67,72)/b20-18-,35-33+,43-41+. The molecule has 498 valence electrons. The molecule has 3 aliphatic rings. The molecule has 3 aliphatic heterocycles. The highest BCUT2D eigenvalue weighted by Crippen LogP contribution is 2.33. The number of hydrogen-bond donors (Lipinski definition) is 12. The summed E-state index contributed by atoms with van der Waals surface area (Å²) in [7, 11) is 0. The summed E-state index contributed by atoms with van der Waals surface area (Å²) in [4.78, 5) is 13.4. The first-order valence-corrected chi connectivity index (χ1v) is 33.7. The Morgan fingerprint density at radius 2 is 0.753 bits per heavy atom. The quantitative estimate of drug-likeness (QED) is 0.0202. The van der Waals surface area contributed by atoms with E-state index in [2.05, 4.69) is 43.5 Å². The maximum absolute atomic E-state index is 13.4. The van der Waals surface area contributed by atoms with E-state index in [4.69, 9.17) is 28.4 Å². The Balaban J connectivity index is 1.47. The van der Waals surface area contributed by atoms with Gasteiger partial charge in [-0.05, 0) is 57.8 Å². The van der Waals surface area contributed by atoms with Crippen LogP contribution in [0.3, 0.4) is 0 Å². The summed E-state index contributed by atoms with van der Waals surface area (Å²) in [5, 5.41) is 120. The van der Waals surface area contributed by atoms with Crippen molar-refractivity contribution in [2.75, 3.05) is 26.4 Å². The number of aliphatic hydroxyl groups is 11. The summed E-state index contributed by atoms with van der Waals surface area (Å²) in [6.07, 6.45) is 28.4. The van der Waals surface area contributed by atoms with Crippen molar-refractivity contribution in [3.05, 3.63) is 36.5 Å². The van der Waals surface area contributed by atoms with Crippen molar-refractivity contribution in [3.8, 4) is 0 Å². The zero-order chi connectivity index (χ0) is 61.9. The van der Waals surface area contributed by atoms with Gasteiger partial charge in [-0.25, -0.2) is 0 Å². The number of unbranched alkanes of at least 4 members (excludes halogenated alkanes) is 31. The Kier molecular flexibility index (Phi) is 44.4. The van der Waals surface area contributed by atoms with Gasteiger partial charge in [-0.2, -0.15) is 0 Å². The van der Waals surface area contributed by atoms with Gasteiger partial charge in [0.05, 0.1) is 38.6 Å². The number of carbonyl (C=O) groups is 1. The van der Waals surface area contributed by atoms with Crippen molar-refractivity contribution in [2.45, 2.75) is 349 Å². The van der Waals surface area contributed by atoms with Gasteiger partial charge in [-0.15, -0.1) is 0 Å². The van der Waals surface area contributed by atoms with Crippen LogP contribution in [0, 0.1) is 0 Å². The molecule has 3 saturated heterocycles. The van der Waals surface area contributed by atoms with Gasteiger partial charge in [0.1, 0.15) is 73.2 Å². The minimum absolute atomic E-state index is 0.231. The number of rotatable bonds is 51. The number of allylic oxidation sites excluding steroid dienone is 5. The Morgan fingerprint density at radius 3 is 1.18 bits per heavy atom. The van der Waals surface area contributed by atoms with E-state index in [0.717, 1.165) is 51.4 Å². The second-order valence-electron chi connectivity index (χ2n) is 24.3. The van der Waals surface area contributed by atoms with Gasteiger partial charge in [-0.1, -0.05) is 217 Å². The molecule has 0 aromatic carbocycles. The highest BCUT2D eigenvalue weighted by atomic mass is 16.8. The van der Waals surface area contributed by atoms with E-state index in [9.17, 15) is 61.0 Å². The van der Waals surface area contributed by atoms with Crippen LogP contribution >= 0.6 is 0 Å². The smallest absolute Gasteiger partial charge is 0.220 e. The van der Waals surface area contributed by atoms with Gasteiger partial charge in [0.25, 0.3) is 0 Å². The summed E-state index contributed by atoms with van der Waals surface area (Å²) >= 11 is 0. The third kappa shape index (κ3) is 31.5. The Labute approximate surface area is 511 Å². The fourth-order valence-corrected chi connectivity index (χ4v) is 11.4. The van der Waals surface area contributed by atoms with Crippen LogP contribution in [0.4, 0.5) is 0 Å². The molecule has 85 heavy (non-hydrogen) atoms. The molecule has 19 nitrogen and oxygen atoms in total. The average Bonchev–Trinajstić information content (AvgIpc) is 3.10. The summed E-state index contributed by atoms with van der Waals surface area (Å²) in [5.74, 6) is -0.289. The van der Waals surface area contributed by atoms with Crippen molar-refractivity contribution in [1.29, 1.82) is 0 Å². The molecule has 12 N–H and O–H groups in total. The van der Waals surface area contributed by atoms with Crippen LogP contribution < -0.4 is 5.32 Å². The first-order valence-electron chi connectivity index (χ1n) is 33.7. The summed E-state index contributed by atoms with van der Waals surface area (Å²) in [5.41, 5.74) is 0. The Bertz CT molecular complexity index is 1690. The van der Waals surface area contributed by atoms with E-state index in [-0.39, 0.29) is 18.9 Å². The second-order valence-corrected chi connectivity index (χ2v) is 24.3. The Hall–Kier alpha value is -1.99. The molecule has 3 fully saturated rings. The van der Waals surface area contributed by atoms with E-state index in [0.29, 0.717) is 12.8 Å². The van der Waals surface area contributed by atoms with Crippen LogP contribution in [0.2, 0.25) is 0 Å². The maximum Gasteiger partial charge on any atom is 0.220 e. The molecule has 3 rings (SSSR count). The number of amides is 1. The topological polar surface area (TPSA) is 307 Å². The minimum Gasteiger partial charge on any atom is -0.394 e. The third-order valence-electron chi connectivity index (χ3n) is 16.9. The van der Waals surface area contributed by atoms with Crippen LogP contribution in [0.25, 0.3) is 0 Å². The monoisotopic (exact) mass is 1220 g/mol. The SMILES string of the molecule is CCCCCCCC/C=C\CCCCCCCCCC(=O)NC(COC1OC(CO)C(OC2OC(CO)C(OC3OC(CO)C(O)C(O)C3O)C(O)C2O)C(O)C1O)C(O)/C=C/CC/C=C/CCCCCCCCCCCCCCCCCCC. The van der Waals surface area contributed by atoms with E-state index < -0.39 is 124 Å². The Morgan fingerprint density at radius 1 is 0.412 bits per heavy atom. The first kappa shape index (κ1) is 77.3. The van der Waals surface area contributed by atoms with Gasteiger partial charge in [0.15, 0.2) is 18.9 Å². The average molecular weight is 1220 g/mol. The summed E-state index contributed by atoms with van der Waals surface area (Å²) in [6, 6.07) is -0.992. The molecule has 1 amide bonds. The number of aliphatic hydroxyl groups excluding tert-OH is 11. The van der Waals surface area contributed by atoms with Crippen LogP contribution in [0.5, 0.6) is 0 Å². The molecule has 0 aromatic rings. The molecule has 0 bridgehead atoms. The lowest BCUT2D eigenvalue weighted by atomic mass is 9.96. The van der Waals surface area contributed by atoms with Gasteiger partial charge >= 0.3 is 0 Å². The predicted molar refractivity (Wildman–Crippen MR) is 328 cm³/mol. The van der Waals surface area contributed by atoms with Crippen LogP contribution in [0.15, 0.2) is 36.5 Å². The summed E-state index contributed by atoms with van der Waals surface area (Å²) in [6.45, 7) is 1.72. The lowest BCUT2D eigenvalue weighted by Crippen LogP contribution is -2.66. The number of nitrogens with one attached hydrogen (secondary N) is 1. The molecular formula is C66H121NO18. The van der Waals surface area contributed by atoms with Gasteiger partial charge < -0.3 is 89.9 Å². The van der Waals surface area contributed by atoms with Gasteiger partial charge in [0, 0.05) is 6.42 Å². The predicted octanol–water partition coefficient (Wildman–Crippen LogP) is 8.05. The summed E-state index contributed by atoms with van der Waals surface area (Å²) < 4.78 is 34.3. The zero-order valence-corrected chi connectivity index (χ0v) is 52.3. The fourth-order valence-electron chi connectivity index (χ4n) is 11.4. The number of ether oxygens (including phenoxy) is 6. The molecular weight excluding hydrogens is 1090 g/mol. The van der Waals surface area contributed by atoms with Crippen molar-refractivity contribution in [2.24, 2.45) is 0 Å². The molecule has 0 spiro atoms. The molecule has 17 atom stereocenters. The zero-order valence-electron chi connectivity index (χ0n) is 52.3. The molecule has 0 saturated carbocycles. The maximum atomic E-state index is 13.4. The van der Waals surface area contributed by atoms with E-state index in [1.54, 1.807) is 6.08 Å². The van der Waals surface area contributed by atoms with Crippen molar-refractivity contribution in [1.82, 2.24) is 5.32 Å². The van der Waals surface area contributed by atoms with E-state index in [1.807, 2.05) is 6.08 Å². The lowest BCUT2D eigenvalue weighted by molar-refractivity contribution is -0.379. The van der Waals surface area contributed by atoms with Crippen LogP contribution in [0.1, 0.15) is 245 Å². The minimum atomic E-state index is -1.98. The van der Waals surface area contributed by atoms with Crippen molar-refractivity contribution >= 4 is 5.91 Å². The normalized spacial score (nSPS) is 29.2. The first-order chi connectivity index (χ1) is 41.3. The highest BCUT2D eigenvalue weighted by molar-refractivity contribution is 5.76. The van der Waals surface area contributed by atoms with Crippen LogP contribution in [-0.4, -0.2) is 193 Å². The van der Waals surface area contributed by atoms with Gasteiger partial charge in [0.2, 0.25) is 5.91 Å². The van der Waals surface area contributed by atoms with Crippen LogP contribution in [-0.2, 0) is 33.2 Å².